The summed E-state index contributed by atoms with van der Waals surface area (Å²) < 4.78 is 0.685. The van der Waals surface area contributed by atoms with E-state index >= 15 is 0 Å². The molecule has 0 atom stereocenters. The van der Waals surface area contributed by atoms with E-state index in [4.69, 9.17) is 11.6 Å². The molecule has 0 N–H and O–H groups in total. The van der Waals surface area contributed by atoms with Crippen molar-refractivity contribution in [2.75, 3.05) is 0 Å². The molecule has 0 saturated carbocycles. The highest BCUT2D eigenvalue weighted by atomic mass is 79.9. The third-order valence-corrected chi connectivity index (χ3v) is 3.92. The zero-order valence-electron chi connectivity index (χ0n) is 8.97. The van der Waals surface area contributed by atoms with Crippen LogP contribution in [0.1, 0.15) is 0 Å². The van der Waals surface area contributed by atoms with Gasteiger partial charge in [-0.1, -0.05) is 45.4 Å². The minimum atomic E-state index is -0.391. The van der Waals surface area contributed by atoms with Crippen LogP contribution in [0.2, 0.25) is 5.02 Å². The second kappa shape index (κ2) is 5.73. The van der Waals surface area contributed by atoms with Crippen LogP contribution >= 0.6 is 39.3 Å². The van der Waals surface area contributed by atoms with E-state index in [1.165, 1.54) is 17.8 Å². The summed E-state index contributed by atoms with van der Waals surface area (Å²) in [6.07, 6.45) is 0. The van der Waals surface area contributed by atoms with Crippen molar-refractivity contribution in [2.45, 2.75) is 9.79 Å². The molecule has 0 radical (unpaired) electrons. The topological polar surface area (TPSA) is 43.1 Å². The van der Waals surface area contributed by atoms with E-state index in [1.807, 2.05) is 12.1 Å². The van der Waals surface area contributed by atoms with E-state index < -0.39 is 4.92 Å². The van der Waals surface area contributed by atoms with Crippen LogP contribution < -0.4 is 0 Å². The third kappa shape index (κ3) is 3.25. The Morgan fingerprint density at radius 1 is 1.22 bits per heavy atom. The molecular formula is C12H7BrClNO2S. The molecule has 92 valence electrons. The van der Waals surface area contributed by atoms with Crippen LogP contribution in [0, 0.1) is 10.1 Å². The van der Waals surface area contributed by atoms with Crippen LogP contribution in [0.15, 0.2) is 56.7 Å². The number of hydrogen-bond acceptors (Lipinski definition) is 3. The maximum Gasteiger partial charge on any atom is 0.284 e. The molecule has 3 nitrogen and oxygen atoms in total. The van der Waals surface area contributed by atoms with Gasteiger partial charge in [-0.25, -0.2) is 0 Å². The first-order chi connectivity index (χ1) is 8.56. The van der Waals surface area contributed by atoms with E-state index in [2.05, 4.69) is 15.9 Å². The van der Waals surface area contributed by atoms with E-state index in [-0.39, 0.29) is 5.69 Å². The minimum Gasteiger partial charge on any atom is -0.258 e. The fourth-order valence-corrected chi connectivity index (χ4v) is 2.94. The van der Waals surface area contributed by atoms with Gasteiger partial charge in [0.05, 0.1) is 9.82 Å². The van der Waals surface area contributed by atoms with Crippen LogP contribution in [0.25, 0.3) is 0 Å². The second-order valence-corrected chi connectivity index (χ2v) is 5.90. The van der Waals surface area contributed by atoms with E-state index in [0.29, 0.717) is 14.4 Å². The van der Waals surface area contributed by atoms with Gasteiger partial charge in [0, 0.05) is 20.5 Å². The SMILES string of the molecule is O=[N+]([O-])c1cc(Br)ccc1Sc1cccc(Cl)c1. The lowest BCUT2D eigenvalue weighted by atomic mass is 10.3. The summed E-state index contributed by atoms with van der Waals surface area (Å²) in [5.74, 6) is 0. The highest BCUT2D eigenvalue weighted by Gasteiger charge is 2.15. The standard InChI is InChI=1S/C12H7BrClNO2S/c13-8-4-5-12(11(6-8)15(16)17)18-10-3-1-2-9(14)7-10/h1-7H. The number of nitro benzene ring substituents is 1. The van der Waals surface area contributed by atoms with E-state index in [1.54, 1.807) is 24.3 Å². The fraction of sp³-hybridized carbons (Fsp3) is 0. The summed E-state index contributed by atoms with van der Waals surface area (Å²) in [5, 5.41) is 11.6. The van der Waals surface area contributed by atoms with Crippen molar-refractivity contribution in [1.29, 1.82) is 0 Å². The molecule has 2 rings (SSSR count). The zero-order valence-corrected chi connectivity index (χ0v) is 12.1. The summed E-state index contributed by atoms with van der Waals surface area (Å²) in [7, 11) is 0. The van der Waals surface area contributed by atoms with Gasteiger partial charge < -0.3 is 0 Å². The monoisotopic (exact) mass is 343 g/mol. The maximum absolute atomic E-state index is 11.0. The molecule has 0 bridgehead atoms. The van der Waals surface area contributed by atoms with Gasteiger partial charge in [0.1, 0.15) is 0 Å². The Hall–Kier alpha value is -1.04. The van der Waals surface area contributed by atoms with E-state index in [0.717, 1.165) is 4.90 Å². The van der Waals surface area contributed by atoms with E-state index in [9.17, 15) is 10.1 Å². The summed E-state index contributed by atoms with van der Waals surface area (Å²) in [6.45, 7) is 0. The molecule has 6 heteroatoms. The Balaban J connectivity index is 2.37. The van der Waals surface area contributed by atoms with Crippen molar-refractivity contribution in [2.24, 2.45) is 0 Å². The molecule has 0 fully saturated rings. The van der Waals surface area contributed by atoms with Crippen molar-refractivity contribution in [1.82, 2.24) is 0 Å². The molecule has 0 aliphatic heterocycles. The van der Waals surface area contributed by atoms with Gasteiger partial charge in [0.25, 0.3) is 5.69 Å². The van der Waals surface area contributed by atoms with Crippen LogP contribution in [-0.4, -0.2) is 4.92 Å². The van der Waals surface area contributed by atoms with Gasteiger partial charge in [-0.2, -0.15) is 0 Å². The first kappa shape index (κ1) is 13.4. The highest BCUT2D eigenvalue weighted by molar-refractivity contribution is 9.10. The molecule has 0 unspecified atom stereocenters. The molecule has 0 aromatic heterocycles. The number of nitro groups is 1. The van der Waals surface area contributed by atoms with Crippen LogP contribution in [-0.2, 0) is 0 Å². The largest absolute Gasteiger partial charge is 0.284 e. The predicted molar refractivity (Wildman–Crippen MR) is 76.4 cm³/mol. The Kier molecular flexibility index (Phi) is 4.27. The molecule has 0 amide bonds. The average Bonchev–Trinajstić information content (AvgIpc) is 2.31. The molecule has 0 spiro atoms. The normalized spacial score (nSPS) is 10.3. The van der Waals surface area contributed by atoms with Crippen LogP contribution in [0.3, 0.4) is 0 Å². The third-order valence-electron chi connectivity index (χ3n) is 2.14. The van der Waals surface area contributed by atoms with Gasteiger partial charge in [0.2, 0.25) is 0 Å². The molecule has 0 aliphatic rings. The molecule has 2 aromatic carbocycles. The molecule has 18 heavy (non-hydrogen) atoms. The lowest BCUT2D eigenvalue weighted by Crippen LogP contribution is -1.90. The average molecular weight is 345 g/mol. The lowest BCUT2D eigenvalue weighted by Gasteiger charge is -2.03. The van der Waals surface area contributed by atoms with Crippen LogP contribution in [0.4, 0.5) is 5.69 Å². The van der Waals surface area contributed by atoms with Crippen molar-refractivity contribution in [3.05, 3.63) is 62.1 Å². The zero-order chi connectivity index (χ0) is 13.1. The number of nitrogens with zero attached hydrogens (tertiary/aromatic N) is 1. The van der Waals surface area contributed by atoms with Crippen molar-refractivity contribution in [3.63, 3.8) is 0 Å². The van der Waals surface area contributed by atoms with Crippen molar-refractivity contribution < 1.29 is 4.92 Å². The smallest absolute Gasteiger partial charge is 0.258 e. The number of benzene rings is 2. The number of hydrogen-bond donors (Lipinski definition) is 0. The number of halogens is 2. The minimum absolute atomic E-state index is 0.0781. The first-order valence-electron chi connectivity index (χ1n) is 4.93. The fourth-order valence-electron chi connectivity index (χ4n) is 1.38. The Bertz CT molecular complexity index is 606. The predicted octanol–water partition coefficient (Wildman–Crippen LogP) is 5.16. The number of rotatable bonds is 3. The maximum atomic E-state index is 11.0. The Morgan fingerprint density at radius 3 is 2.67 bits per heavy atom. The van der Waals surface area contributed by atoms with Crippen LogP contribution in [0.5, 0.6) is 0 Å². The van der Waals surface area contributed by atoms with Gasteiger partial charge in [-0.3, -0.25) is 10.1 Å². The quantitative estimate of drug-likeness (QED) is 0.570. The van der Waals surface area contributed by atoms with Crippen molar-refractivity contribution >= 4 is 45.0 Å². The lowest BCUT2D eigenvalue weighted by molar-refractivity contribution is -0.387. The second-order valence-electron chi connectivity index (χ2n) is 3.43. The molecule has 2 aromatic rings. The molecule has 0 aliphatic carbocycles. The molecule has 0 heterocycles. The van der Waals surface area contributed by atoms with Crippen molar-refractivity contribution in [3.8, 4) is 0 Å². The highest BCUT2D eigenvalue weighted by Crippen LogP contribution is 2.36. The van der Waals surface area contributed by atoms with Gasteiger partial charge >= 0.3 is 0 Å². The molecule has 0 saturated heterocycles. The van der Waals surface area contributed by atoms with Gasteiger partial charge in [-0.15, -0.1) is 0 Å². The molecular weight excluding hydrogens is 338 g/mol. The summed E-state index contributed by atoms with van der Waals surface area (Å²) >= 11 is 10.4. The summed E-state index contributed by atoms with van der Waals surface area (Å²) in [5.41, 5.74) is 0.0781. The Morgan fingerprint density at radius 2 is 2.00 bits per heavy atom. The Labute approximate surface area is 121 Å². The van der Waals surface area contributed by atoms with Gasteiger partial charge in [-0.05, 0) is 30.3 Å². The summed E-state index contributed by atoms with van der Waals surface area (Å²) in [6, 6.07) is 12.2. The van der Waals surface area contributed by atoms with Gasteiger partial charge in [0.15, 0.2) is 0 Å². The summed E-state index contributed by atoms with van der Waals surface area (Å²) in [4.78, 5) is 12.0. The first-order valence-corrected chi connectivity index (χ1v) is 6.92.